The number of rotatable bonds is 9. The van der Waals surface area contributed by atoms with Gasteiger partial charge in [0.25, 0.3) is 10.1 Å². The van der Waals surface area contributed by atoms with E-state index in [1.165, 1.54) is 0 Å². The Balaban J connectivity index is 0.00000441. The molecule has 0 unspecified atom stereocenters. The molecular formula is C29H50NNaO8S. The van der Waals surface area contributed by atoms with E-state index in [9.17, 15) is 34.0 Å². The first-order valence-corrected chi connectivity index (χ1v) is 16.6. The fraction of sp³-hybridized carbons (Fsp3) is 0.966. The maximum Gasteiger partial charge on any atom is 1.00 e. The molecule has 0 aliphatic heterocycles. The van der Waals surface area contributed by atoms with Gasteiger partial charge in [0.15, 0.2) is 0 Å². The largest absolute Gasteiger partial charge is 1.00 e. The fourth-order valence-corrected chi connectivity index (χ4v) is 10.1. The minimum atomic E-state index is -4.13. The molecule has 0 spiro atoms. The van der Waals surface area contributed by atoms with Crippen molar-refractivity contribution in [1.29, 1.82) is 0 Å². The zero-order chi connectivity index (χ0) is 29.0. The summed E-state index contributed by atoms with van der Waals surface area (Å²) in [6.45, 7) is 8.21. The van der Waals surface area contributed by atoms with Gasteiger partial charge in [0.2, 0.25) is 0 Å². The van der Waals surface area contributed by atoms with Gasteiger partial charge in [-0.2, -0.15) is 8.42 Å². The van der Waals surface area contributed by atoms with Crippen LogP contribution in [0.1, 0.15) is 91.9 Å². The van der Waals surface area contributed by atoms with Gasteiger partial charge in [0.05, 0.1) is 36.2 Å². The number of fused-ring (bicyclic) bond motifs is 5. The quantitative estimate of drug-likeness (QED) is 0.0994. The van der Waals surface area contributed by atoms with Crippen molar-refractivity contribution in [3.63, 3.8) is 0 Å². The molecule has 0 aromatic rings. The molecule has 226 valence electrons. The number of hydrogen-bond donors (Lipinski definition) is 5. The van der Waals surface area contributed by atoms with Crippen LogP contribution in [0.15, 0.2) is 4.99 Å². The van der Waals surface area contributed by atoms with Crippen molar-refractivity contribution in [3.8, 4) is 0 Å². The van der Waals surface area contributed by atoms with Crippen LogP contribution in [0.3, 0.4) is 0 Å². The van der Waals surface area contributed by atoms with Crippen LogP contribution in [-0.2, 0) is 10.1 Å². The molecule has 0 bridgehead atoms. The molecule has 4 fully saturated rings. The minimum absolute atomic E-state index is 0. The Morgan fingerprint density at radius 3 is 2.40 bits per heavy atom. The Morgan fingerprint density at radius 1 is 1.07 bits per heavy atom. The molecule has 0 radical (unpaired) electrons. The van der Waals surface area contributed by atoms with Gasteiger partial charge in [0.1, 0.15) is 0 Å². The summed E-state index contributed by atoms with van der Waals surface area (Å²) < 4.78 is 30.5. The van der Waals surface area contributed by atoms with Gasteiger partial charge in [-0.1, -0.05) is 40.5 Å². The van der Waals surface area contributed by atoms with Crippen LogP contribution < -0.4 is 34.7 Å². The number of nitrogens with zero attached hydrogens (tertiary/aromatic N) is 1. The maximum atomic E-state index is 12.2. The van der Waals surface area contributed by atoms with Crippen molar-refractivity contribution in [2.45, 2.75) is 116 Å². The molecule has 0 amide bonds. The predicted octanol–water partition coefficient (Wildman–Crippen LogP) is -0.844. The van der Waals surface area contributed by atoms with E-state index in [-0.39, 0.29) is 77.5 Å². The second kappa shape index (κ2) is 12.7. The van der Waals surface area contributed by atoms with Crippen molar-refractivity contribution < 1.29 is 68.1 Å². The topological polar surface area (TPSA) is 171 Å². The average molecular weight is 596 g/mol. The predicted molar refractivity (Wildman–Crippen MR) is 146 cm³/mol. The summed E-state index contributed by atoms with van der Waals surface area (Å²) in [5, 5.41) is 56.9. The maximum absolute atomic E-state index is 12.2. The van der Waals surface area contributed by atoms with E-state index >= 15 is 0 Å². The molecule has 4 rings (SSSR count). The Labute approximate surface area is 262 Å². The summed E-state index contributed by atoms with van der Waals surface area (Å²) in [6.07, 6.45) is 5.07. The van der Waals surface area contributed by atoms with Crippen molar-refractivity contribution in [2.24, 2.45) is 51.3 Å². The first kappa shape index (κ1) is 34.7. The summed E-state index contributed by atoms with van der Waals surface area (Å²) in [5.74, 6) is -0.139. The van der Waals surface area contributed by atoms with E-state index in [2.05, 4.69) is 25.8 Å². The van der Waals surface area contributed by atoms with Crippen LogP contribution in [0.4, 0.5) is 0 Å². The molecule has 4 aliphatic rings. The van der Waals surface area contributed by atoms with E-state index in [0.29, 0.717) is 37.5 Å². The number of aliphatic hydroxyl groups excluding tert-OH is 3. The monoisotopic (exact) mass is 595 g/mol. The molecular weight excluding hydrogens is 545 g/mol. The standard InChI is InChI=1S/C29H51NO8S.Na/c1-17(6-5-7-18(2)26(34)30-12-13-39(36,37)38)22-15-23(32)25-20-14-24(33)29(35)16-19(31)8-11-28(29,4)21(20)9-10-27(22,25)3;/h17-25,31-33,35H,5-16H2,1-4H3,(H,30,34)(H,36,37,38);/q;+1/p-1/t17-,18+,19+,20-,21+,22-,23+,24-,25-,27-,28-,29+;/m1./s1. The average Bonchev–Trinajstić information content (AvgIpc) is 3.11. The van der Waals surface area contributed by atoms with Crippen LogP contribution in [0, 0.1) is 46.3 Å². The van der Waals surface area contributed by atoms with Gasteiger partial charge in [-0.15, -0.1) is 0 Å². The van der Waals surface area contributed by atoms with Crippen LogP contribution in [0.25, 0.3) is 0 Å². The molecule has 5 N–H and O–H groups in total. The summed E-state index contributed by atoms with van der Waals surface area (Å²) in [5.41, 5.74) is -1.83. The fourth-order valence-electron chi connectivity index (χ4n) is 9.76. The van der Waals surface area contributed by atoms with Crippen molar-refractivity contribution in [2.75, 3.05) is 12.3 Å². The zero-order valence-corrected chi connectivity index (χ0v) is 27.8. The van der Waals surface area contributed by atoms with E-state index in [0.717, 1.165) is 32.1 Å². The molecule has 9 nitrogen and oxygen atoms in total. The number of aliphatic imine (C=N–C) groups is 1. The van der Waals surface area contributed by atoms with Crippen molar-refractivity contribution in [3.05, 3.63) is 0 Å². The van der Waals surface area contributed by atoms with Crippen LogP contribution in [0.2, 0.25) is 0 Å². The van der Waals surface area contributed by atoms with Crippen LogP contribution >= 0.6 is 0 Å². The van der Waals surface area contributed by atoms with Gasteiger partial charge >= 0.3 is 29.6 Å². The molecule has 4 aliphatic carbocycles. The second-order valence-electron chi connectivity index (χ2n) is 14.1. The molecule has 0 heterocycles. The summed E-state index contributed by atoms with van der Waals surface area (Å²) in [6, 6.07) is 0. The van der Waals surface area contributed by atoms with Gasteiger partial charge in [-0.3, -0.25) is 4.55 Å². The first-order valence-electron chi connectivity index (χ1n) is 15.0. The van der Waals surface area contributed by atoms with E-state index < -0.39 is 45.2 Å². The Hall–Kier alpha value is 0.220. The van der Waals surface area contributed by atoms with Gasteiger partial charge < -0.3 is 30.5 Å². The van der Waals surface area contributed by atoms with Gasteiger partial charge in [0, 0.05) is 11.8 Å². The van der Waals surface area contributed by atoms with E-state index in [4.69, 9.17) is 4.55 Å². The smallest absolute Gasteiger partial charge is 0.862 e. The Morgan fingerprint density at radius 2 is 1.75 bits per heavy atom. The molecule has 11 heteroatoms. The van der Waals surface area contributed by atoms with Gasteiger partial charge in [-0.25, -0.2) is 0 Å². The molecule has 40 heavy (non-hydrogen) atoms. The number of hydrogen-bond acceptors (Lipinski definition) is 8. The van der Waals surface area contributed by atoms with E-state index in [1.54, 1.807) is 6.92 Å². The molecule has 12 atom stereocenters. The number of aliphatic hydroxyl groups is 4. The van der Waals surface area contributed by atoms with Crippen molar-refractivity contribution in [1.82, 2.24) is 0 Å². The third-order valence-corrected chi connectivity index (χ3v) is 12.6. The summed E-state index contributed by atoms with van der Waals surface area (Å²) in [4.78, 5) is 3.78. The molecule has 0 aromatic heterocycles. The van der Waals surface area contributed by atoms with Crippen LogP contribution in [-0.4, -0.2) is 75.5 Å². The summed E-state index contributed by atoms with van der Waals surface area (Å²) in [7, 11) is -4.13. The summed E-state index contributed by atoms with van der Waals surface area (Å²) >= 11 is 0. The van der Waals surface area contributed by atoms with E-state index in [1.807, 2.05) is 0 Å². The molecule has 0 saturated heterocycles. The zero-order valence-electron chi connectivity index (χ0n) is 25.0. The molecule has 4 saturated carbocycles. The third kappa shape index (κ3) is 6.36. The van der Waals surface area contributed by atoms with Gasteiger partial charge in [-0.05, 0) is 91.8 Å². The normalized spacial score (nSPS) is 45.0. The van der Waals surface area contributed by atoms with Crippen molar-refractivity contribution >= 4 is 16.0 Å². The second-order valence-corrected chi connectivity index (χ2v) is 15.6. The Bertz CT molecular complexity index is 1030. The first-order chi connectivity index (χ1) is 18.0. The Kier molecular flexibility index (Phi) is 11.0. The SMILES string of the molecule is C[C@H](CCC[C@H](C)C([O-])=NCCS(=O)(=O)O)[C@H]1C[C@H](O)[C@H]2[C@@H]3C[C@@H](O)[C@@]4(O)C[C@@H](O)CC[C@]4(C)[C@H]3CC[C@@]21C.[Na+]. The van der Waals surface area contributed by atoms with Crippen LogP contribution in [0.5, 0.6) is 0 Å². The third-order valence-electron chi connectivity index (χ3n) is 11.9. The molecule has 0 aromatic carbocycles. The minimum Gasteiger partial charge on any atom is -0.862 e.